The van der Waals surface area contributed by atoms with Crippen molar-refractivity contribution in [3.63, 3.8) is 0 Å². The van der Waals surface area contributed by atoms with Crippen LogP contribution in [0.4, 0.5) is 0 Å². The summed E-state index contributed by atoms with van der Waals surface area (Å²) in [5.41, 5.74) is 0.396. The van der Waals surface area contributed by atoms with Gasteiger partial charge in [-0.25, -0.2) is 0 Å². The van der Waals surface area contributed by atoms with Crippen LogP contribution in [0, 0.1) is 5.41 Å². The van der Waals surface area contributed by atoms with Gasteiger partial charge < -0.3 is 5.11 Å². The van der Waals surface area contributed by atoms with E-state index in [1.165, 1.54) is 12.8 Å². The maximum absolute atomic E-state index is 10.2. The Bertz CT molecular complexity index is 150. The second-order valence-corrected chi connectivity index (χ2v) is 4.52. The number of hydrogen-bond acceptors (Lipinski definition) is 1. The molecule has 0 rings (SSSR count). The average molecular weight is 186 g/mol. The lowest BCUT2D eigenvalue weighted by Gasteiger charge is -2.23. The first-order valence-corrected chi connectivity index (χ1v) is 5.20. The molecule has 0 amide bonds. The van der Waals surface area contributed by atoms with Gasteiger partial charge in [0.15, 0.2) is 0 Å². The van der Waals surface area contributed by atoms with Crippen molar-refractivity contribution in [3.8, 4) is 0 Å². The normalized spacial score (nSPS) is 11.6. The molecule has 13 heavy (non-hydrogen) atoms. The summed E-state index contributed by atoms with van der Waals surface area (Å²) in [4.78, 5) is 10.2. The van der Waals surface area contributed by atoms with Crippen molar-refractivity contribution in [1.29, 1.82) is 0 Å². The zero-order valence-corrected chi connectivity index (χ0v) is 9.10. The first-order chi connectivity index (χ1) is 5.98. The summed E-state index contributed by atoms with van der Waals surface area (Å²) in [6.45, 7) is 6.72. The molecule has 0 fully saturated rings. The van der Waals surface area contributed by atoms with Crippen LogP contribution in [0.5, 0.6) is 0 Å². The molecule has 0 heterocycles. The molecule has 0 spiro atoms. The van der Waals surface area contributed by atoms with Gasteiger partial charge in [-0.05, 0) is 24.7 Å². The van der Waals surface area contributed by atoms with Gasteiger partial charge in [0.1, 0.15) is 0 Å². The Morgan fingerprint density at radius 2 is 1.85 bits per heavy atom. The molecule has 0 aliphatic heterocycles. The van der Waals surface area contributed by atoms with E-state index in [2.05, 4.69) is 20.8 Å². The molecule has 2 nitrogen and oxygen atoms in total. The van der Waals surface area contributed by atoms with Gasteiger partial charge in [0.05, 0.1) is 0 Å². The van der Waals surface area contributed by atoms with Crippen LogP contribution >= 0.6 is 0 Å². The minimum atomic E-state index is -0.673. The summed E-state index contributed by atoms with van der Waals surface area (Å²) in [5, 5.41) is 8.45. The molecule has 0 aliphatic carbocycles. The van der Waals surface area contributed by atoms with Gasteiger partial charge in [0, 0.05) is 6.42 Å². The van der Waals surface area contributed by atoms with Gasteiger partial charge in [0.2, 0.25) is 0 Å². The van der Waals surface area contributed by atoms with E-state index in [-0.39, 0.29) is 0 Å². The maximum atomic E-state index is 10.2. The molecule has 0 unspecified atom stereocenters. The molecule has 0 aromatic carbocycles. The molecular formula is C11H22O2. The van der Waals surface area contributed by atoms with Crippen LogP contribution in [0.25, 0.3) is 0 Å². The first-order valence-electron chi connectivity index (χ1n) is 5.20. The largest absolute Gasteiger partial charge is 0.481 e. The third-order valence-corrected chi connectivity index (χ3v) is 2.42. The van der Waals surface area contributed by atoms with Crippen LogP contribution < -0.4 is 0 Å². The topological polar surface area (TPSA) is 37.3 Å². The van der Waals surface area contributed by atoms with E-state index in [1.54, 1.807) is 0 Å². The van der Waals surface area contributed by atoms with Crippen molar-refractivity contribution in [2.75, 3.05) is 0 Å². The third-order valence-electron chi connectivity index (χ3n) is 2.42. The highest BCUT2D eigenvalue weighted by Crippen LogP contribution is 2.28. The number of carboxylic acids is 1. The minimum absolute atomic E-state index is 0.322. The zero-order valence-electron chi connectivity index (χ0n) is 9.10. The summed E-state index contributed by atoms with van der Waals surface area (Å²) in [6, 6.07) is 0. The molecule has 0 saturated heterocycles. The van der Waals surface area contributed by atoms with Crippen LogP contribution in [0.1, 0.15) is 59.3 Å². The predicted molar refractivity (Wildman–Crippen MR) is 54.8 cm³/mol. The van der Waals surface area contributed by atoms with E-state index in [1.807, 2.05) is 0 Å². The van der Waals surface area contributed by atoms with Crippen molar-refractivity contribution in [2.45, 2.75) is 59.3 Å². The molecular weight excluding hydrogens is 164 g/mol. The summed E-state index contributed by atoms with van der Waals surface area (Å²) >= 11 is 0. The van der Waals surface area contributed by atoms with Crippen LogP contribution in [-0.2, 0) is 4.79 Å². The minimum Gasteiger partial charge on any atom is -0.481 e. The van der Waals surface area contributed by atoms with Crippen LogP contribution in [0.2, 0.25) is 0 Å². The molecule has 0 aromatic rings. The SMILES string of the molecule is CCCC(C)(C)CCCCC(=O)O. The molecule has 1 N–H and O–H groups in total. The second kappa shape index (κ2) is 6.01. The highest BCUT2D eigenvalue weighted by Gasteiger charge is 2.15. The fourth-order valence-electron chi connectivity index (χ4n) is 1.68. The number of unbranched alkanes of at least 4 members (excludes halogenated alkanes) is 1. The predicted octanol–water partition coefficient (Wildman–Crippen LogP) is 3.46. The quantitative estimate of drug-likeness (QED) is 0.618. The van der Waals surface area contributed by atoms with Gasteiger partial charge in [0.25, 0.3) is 0 Å². The van der Waals surface area contributed by atoms with Crippen LogP contribution in [0.15, 0.2) is 0 Å². The Morgan fingerprint density at radius 1 is 1.23 bits per heavy atom. The first kappa shape index (κ1) is 12.5. The Morgan fingerprint density at radius 3 is 2.31 bits per heavy atom. The van der Waals surface area contributed by atoms with E-state index < -0.39 is 5.97 Å². The van der Waals surface area contributed by atoms with E-state index >= 15 is 0 Å². The van der Waals surface area contributed by atoms with Gasteiger partial charge in [-0.15, -0.1) is 0 Å². The molecule has 0 saturated carbocycles. The van der Waals surface area contributed by atoms with Crippen LogP contribution in [-0.4, -0.2) is 11.1 Å². The molecule has 78 valence electrons. The van der Waals surface area contributed by atoms with E-state index in [0.29, 0.717) is 11.8 Å². The number of aliphatic carboxylic acids is 1. The smallest absolute Gasteiger partial charge is 0.303 e. The third kappa shape index (κ3) is 7.82. The Labute approximate surface area is 81.3 Å². The van der Waals surface area contributed by atoms with Gasteiger partial charge in [-0.1, -0.05) is 33.6 Å². The van der Waals surface area contributed by atoms with E-state index in [9.17, 15) is 4.79 Å². The standard InChI is InChI=1S/C11H22O2/c1-4-8-11(2,3)9-6-5-7-10(12)13/h4-9H2,1-3H3,(H,12,13). The molecule has 0 aromatic heterocycles. The molecule has 2 heteroatoms. The van der Waals surface area contributed by atoms with Gasteiger partial charge in [-0.2, -0.15) is 0 Å². The van der Waals surface area contributed by atoms with Crippen molar-refractivity contribution < 1.29 is 9.90 Å². The number of hydrogen-bond donors (Lipinski definition) is 1. The highest BCUT2D eigenvalue weighted by molar-refractivity contribution is 5.66. The van der Waals surface area contributed by atoms with Gasteiger partial charge >= 0.3 is 5.97 Å². The van der Waals surface area contributed by atoms with Crippen molar-refractivity contribution in [1.82, 2.24) is 0 Å². The summed E-state index contributed by atoms with van der Waals surface area (Å²) in [5.74, 6) is -0.673. The molecule has 0 aliphatic rings. The lowest BCUT2D eigenvalue weighted by atomic mass is 9.83. The van der Waals surface area contributed by atoms with E-state index in [0.717, 1.165) is 19.3 Å². The lowest BCUT2D eigenvalue weighted by Crippen LogP contribution is -2.10. The van der Waals surface area contributed by atoms with Crippen molar-refractivity contribution in [3.05, 3.63) is 0 Å². The number of rotatable bonds is 7. The van der Waals surface area contributed by atoms with Crippen molar-refractivity contribution >= 4 is 5.97 Å². The maximum Gasteiger partial charge on any atom is 0.303 e. The Kier molecular flexibility index (Phi) is 5.76. The molecule has 0 bridgehead atoms. The van der Waals surface area contributed by atoms with E-state index in [4.69, 9.17) is 5.11 Å². The van der Waals surface area contributed by atoms with Gasteiger partial charge in [-0.3, -0.25) is 4.79 Å². The number of carbonyl (C=O) groups is 1. The average Bonchev–Trinajstić information content (AvgIpc) is 1.98. The fraction of sp³-hybridized carbons (Fsp3) is 0.909. The Hall–Kier alpha value is -0.530. The van der Waals surface area contributed by atoms with Crippen LogP contribution in [0.3, 0.4) is 0 Å². The lowest BCUT2D eigenvalue weighted by molar-refractivity contribution is -0.137. The zero-order chi connectivity index (χ0) is 10.3. The Balaban J connectivity index is 3.45. The van der Waals surface area contributed by atoms with Crippen molar-refractivity contribution in [2.24, 2.45) is 5.41 Å². The summed E-state index contributed by atoms with van der Waals surface area (Å²) < 4.78 is 0. The number of carboxylic acid groups (broad SMARTS) is 1. The highest BCUT2D eigenvalue weighted by atomic mass is 16.4. The summed E-state index contributed by atoms with van der Waals surface area (Å²) in [6.07, 6.45) is 5.78. The summed E-state index contributed by atoms with van der Waals surface area (Å²) in [7, 11) is 0. The fourth-order valence-corrected chi connectivity index (χ4v) is 1.68. The monoisotopic (exact) mass is 186 g/mol. The second-order valence-electron chi connectivity index (χ2n) is 4.52. The molecule has 0 atom stereocenters. The molecule has 0 radical (unpaired) electrons.